The van der Waals surface area contributed by atoms with E-state index in [0.717, 1.165) is 11.5 Å². The van der Waals surface area contributed by atoms with Gasteiger partial charge in [-0.2, -0.15) is 0 Å². The number of hydrogen-bond acceptors (Lipinski definition) is 1. The molecule has 0 N–H and O–H groups in total. The summed E-state index contributed by atoms with van der Waals surface area (Å²) in [6.07, 6.45) is 0. The molecule has 0 atom stereocenters. The number of rotatable bonds is 1. The van der Waals surface area contributed by atoms with Crippen LogP contribution in [0.4, 0.5) is 0 Å². The van der Waals surface area contributed by atoms with Crippen molar-refractivity contribution in [2.45, 2.75) is 6.92 Å². The molecule has 0 aromatic heterocycles. The van der Waals surface area contributed by atoms with Crippen LogP contribution in [0.2, 0.25) is 0 Å². The Balaban J connectivity index is 1.95. The summed E-state index contributed by atoms with van der Waals surface area (Å²) in [5, 5.41) is 0. The van der Waals surface area contributed by atoms with Crippen molar-refractivity contribution in [2.24, 2.45) is 0 Å². The van der Waals surface area contributed by atoms with E-state index in [1.807, 2.05) is 0 Å². The second-order valence-corrected chi connectivity index (χ2v) is 9.72. The molecule has 1 aliphatic rings. The Hall–Kier alpha value is -1.98. The normalized spacial score (nSPS) is 13.2. The third-order valence-electron chi connectivity index (χ3n) is 3.72. The summed E-state index contributed by atoms with van der Waals surface area (Å²) in [5.41, 5.74) is 1.31. The van der Waals surface area contributed by atoms with Gasteiger partial charge in [0, 0.05) is 0 Å². The standard InChI is InChI=1S/C19H15AsO/c1-14-10-12-15(13-11-14)20-16-6-2-4-8-18(16)21-19-9-5-3-7-17(19)20/h2-13H,1H3. The van der Waals surface area contributed by atoms with Gasteiger partial charge >= 0.3 is 129 Å². The molecule has 0 fully saturated rings. The maximum atomic E-state index is 6.09. The SMILES string of the molecule is Cc1ccc([As]2c3ccccc3Oc3ccccc32)cc1. The Morgan fingerprint density at radius 1 is 0.667 bits per heavy atom. The molecule has 1 heterocycles. The van der Waals surface area contributed by atoms with Gasteiger partial charge in [0.1, 0.15) is 0 Å². The fraction of sp³-hybridized carbons (Fsp3) is 0.0526. The predicted octanol–water partition coefficient (Wildman–Crippen LogP) is 2.62. The minimum atomic E-state index is -1.51. The molecule has 1 nitrogen and oxygen atoms in total. The van der Waals surface area contributed by atoms with Gasteiger partial charge in [0.15, 0.2) is 0 Å². The van der Waals surface area contributed by atoms with Gasteiger partial charge in [-0.15, -0.1) is 0 Å². The molecule has 0 saturated heterocycles. The molecule has 0 bridgehead atoms. The van der Waals surface area contributed by atoms with E-state index in [-0.39, 0.29) is 0 Å². The molecule has 0 amide bonds. The van der Waals surface area contributed by atoms with Crippen molar-refractivity contribution in [3.8, 4) is 11.5 Å². The zero-order valence-corrected chi connectivity index (χ0v) is 13.7. The first-order valence-electron chi connectivity index (χ1n) is 7.06. The zero-order chi connectivity index (χ0) is 14.2. The monoisotopic (exact) mass is 334 g/mol. The Morgan fingerprint density at radius 2 is 1.19 bits per heavy atom. The first-order valence-corrected chi connectivity index (χ1v) is 9.87. The second-order valence-electron chi connectivity index (χ2n) is 5.21. The van der Waals surface area contributed by atoms with Crippen LogP contribution < -0.4 is 17.8 Å². The molecule has 0 spiro atoms. The van der Waals surface area contributed by atoms with Crippen LogP contribution in [0, 0.1) is 6.92 Å². The van der Waals surface area contributed by atoms with Gasteiger partial charge in [0.25, 0.3) is 0 Å². The van der Waals surface area contributed by atoms with Crippen LogP contribution in [-0.4, -0.2) is 14.7 Å². The summed E-state index contributed by atoms with van der Waals surface area (Å²) in [5.74, 6) is 2.05. The van der Waals surface area contributed by atoms with E-state index in [4.69, 9.17) is 4.74 Å². The quantitative estimate of drug-likeness (QED) is 0.486. The fourth-order valence-corrected chi connectivity index (χ4v) is 7.74. The number of ether oxygens (including phenoxy) is 1. The van der Waals surface area contributed by atoms with Crippen LogP contribution in [0.15, 0.2) is 72.8 Å². The Bertz CT molecular complexity index is 747. The number of fused-ring (bicyclic) bond motifs is 2. The molecule has 4 rings (SSSR count). The van der Waals surface area contributed by atoms with Gasteiger partial charge in [-0.1, -0.05) is 0 Å². The summed E-state index contributed by atoms with van der Waals surface area (Å²) in [4.78, 5) is 0. The maximum absolute atomic E-state index is 6.09. The molecule has 21 heavy (non-hydrogen) atoms. The minimum absolute atomic E-state index is 1.02. The summed E-state index contributed by atoms with van der Waals surface area (Å²) in [7, 11) is 0. The molecular weight excluding hydrogens is 319 g/mol. The van der Waals surface area contributed by atoms with Crippen molar-refractivity contribution in [3.05, 3.63) is 78.4 Å². The number of hydrogen-bond donors (Lipinski definition) is 0. The molecule has 3 aromatic carbocycles. The van der Waals surface area contributed by atoms with Crippen molar-refractivity contribution in [2.75, 3.05) is 0 Å². The van der Waals surface area contributed by atoms with Gasteiger partial charge in [0.05, 0.1) is 0 Å². The zero-order valence-electron chi connectivity index (χ0n) is 11.8. The van der Waals surface area contributed by atoms with E-state index >= 15 is 0 Å². The number of aryl methyl sites for hydroxylation is 1. The van der Waals surface area contributed by atoms with E-state index < -0.39 is 14.7 Å². The van der Waals surface area contributed by atoms with Crippen LogP contribution in [-0.2, 0) is 0 Å². The number of benzene rings is 3. The first-order chi connectivity index (χ1) is 10.3. The van der Waals surface area contributed by atoms with Gasteiger partial charge < -0.3 is 0 Å². The Kier molecular flexibility index (Phi) is 3.09. The average Bonchev–Trinajstić information content (AvgIpc) is 2.53. The summed E-state index contributed by atoms with van der Waals surface area (Å²) in [6.45, 7) is 2.14. The van der Waals surface area contributed by atoms with E-state index in [2.05, 4.69) is 79.7 Å². The van der Waals surface area contributed by atoms with Gasteiger partial charge in [0.2, 0.25) is 0 Å². The van der Waals surface area contributed by atoms with Crippen LogP contribution in [0.25, 0.3) is 0 Å². The molecule has 0 saturated carbocycles. The van der Waals surface area contributed by atoms with E-state index in [1.54, 1.807) is 0 Å². The second kappa shape index (κ2) is 5.09. The summed E-state index contributed by atoms with van der Waals surface area (Å²) < 4.78 is 10.3. The Morgan fingerprint density at radius 3 is 1.76 bits per heavy atom. The van der Waals surface area contributed by atoms with Crippen molar-refractivity contribution in [1.29, 1.82) is 0 Å². The Labute approximate surface area is 129 Å². The molecular formula is C19H15AsO. The van der Waals surface area contributed by atoms with Crippen LogP contribution in [0.5, 0.6) is 11.5 Å². The molecule has 0 unspecified atom stereocenters. The third kappa shape index (κ3) is 2.18. The topological polar surface area (TPSA) is 9.23 Å². The van der Waals surface area contributed by atoms with Gasteiger partial charge in [-0.05, 0) is 0 Å². The van der Waals surface area contributed by atoms with Crippen molar-refractivity contribution in [3.63, 3.8) is 0 Å². The molecule has 0 aliphatic carbocycles. The van der Waals surface area contributed by atoms with E-state index in [1.165, 1.54) is 18.6 Å². The molecule has 0 radical (unpaired) electrons. The fourth-order valence-electron chi connectivity index (χ4n) is 2.68. The predicted molar refractivity (Wildman–Crippen MR) is 88.8 cm³/mol. The summed E-state index contributed by atoms with van der Waals surface area (Å²) >= 11 is -1.51. The van der Waals surface area contributed by atoms with E-state index in [9.17, 15) is 0 Å². The van der Waals surface area contributed by atoms with Crippen LogP contribution in [0.3, 0.4) is 0 Å². The van der Waals surface area contributed by atoms with Crippen molar-refractivity contribution in [1.82, 2.24) is 0 Å². The first kappa shape index (κ1) is 12.7. The molecule has 3 aromatic rings. The molecule has 102 valence electrons. The van der Waals surface area contributed by atoms with Crippen molar-refractivity contribution < 1.29 is 4.74 Å². The summed E-state index contributed by atoms with van der Waals surface area (Å²) in [6, 6.07) is 26.0. The third-order valence-corrected chi connectivity index (χ3v) is 9.01. The molecule has 1 aliphatic heterocycles. The molecule has 2 heteroatoms. The number of para-hydroxylation sites is 2. The van der Waals surface area contributed by atoms with Gasteiger partial charge in [-0.3, -0.25) is 0 Å². The van der Waals surface area contributed by atoms with E-state index in [0.29, 0.717) is 0 Å². The average molecular weight is 334 g/mol. The van der Waals surface area contributed by atoms with Crippen LogP contribution in [0.1, 0.15) is 5.56 Å². The van der Waals surface area contributed by atoms with Gasteiger partial charge in [-0.25, -0.2) is 0 Å². The van der Waals surface area contributed by atoms with Crippen LogP contribution >= 0.6 is 0 Å². The van der Waals surface area contributed by atoms with Crippen molar-refractivity contribution >= 4 is 27.7 Å².